The Morgan fingerprint density at radius 3 is 2.57 bits per heavy atom. The SMILES string of the molecule is Cc1oc(-c2ccsc2)nc1COc1ccc(C(C)(C)O)cc1. The zero-order valence-corrected chi connectivity index (χ0v) is 14.2. The van der Waals surface area contributed by atoms with Crippen LogP contribution in [0.4, 0.5) is 0 Å². The van der Waals surface area contributed by atoms with E-state index >= 15 is 0 Å². The number of thiophene rings is 1. The molecule has 0 unspecified atom stereocenters. The molecule has 0 aliphatic heterocycles. The summed E-state index contributed by atoms with van der Waals surface area (Å²) in [4.78, 5) is 4.50. The first-order valence-corrected chi connectivity index (χ1v) is 8.32. The van der Waals surface area contributed by atoms with Gasteiger partial charge in [-0.3, -0.25) is 0 Å². The molecule has 23 heavy (non-hydrogen) atoms. The first-order valence-electron chi connectivity index (χ1n) is 7.38. The Kier molecular flexibility index (Phi) is 4.24. The lowest BCUT2D eigenvalue weighted by Gasteiger charge is -2.17. The number of rotatable bonds is 5. The number of oxazole rings is 1. The number of ether oxygens (including phenoxy) is 1. The van der Waals surface area contributed by atoms with Crippen LogP contribution >= 0.6 is 11.3 Å². The molecule has 0 atom stereocenters. The highest BCUT2D eigenvalue weighted by Crippen LogP contribution is 2.25. The van der Waals surface area contributed by atoms with Crippen LogP contribution in [0.15, 0.2) is 45.5 Å². The quantitative estimate of drug-likeness (QED) is 0.748. The Balaban J connectivity index is 1.69. The predicted molar refractivity (Wildman–Crippen MR) is 90.6 cm³/mol. The van der Waals surface area contributed by atoms with Gasteiger partial charge in [0, 0.05) is 10.9 Å². The van der Waals surface area contributed by atoms with Crippen molar-refractivity contribution in [3.05, 3.63) is 58.1 Å². The minimum atomic E-state index is -0.851. The van der Waals surface area contributed by atoms with E-state index in [4.69, 9.17) is 9.15 Å². The zero-order valence-electron chi connectivity index (χ0n) is 13.4. The van der Waals surface area contributed by atoms with E-state index in [1.54, 1.807) is 25.2 Å². The van der Waals surface area contributed by atoms with E-state index in [2.05, 4.69) is 4.98 Å². The lowest BCUT2D eigenvalue weighted by atomic mass is 9.99. The van der Waals surface area contributed by atoms with Crippen molar-refractivity contribution in [1.29, 1.82) is 0 Å². The van der Waals surface area contributed by atoms with Crippen molar-refractivity contribution in [3.63, 3.8) is 0 Å². The van der Waals surface area contributed by atoms with Crippen molar-refractivity contribution in [2.24, 2.45) is 0 Å². The molecule has 1 aromatic carbocycles. The van der Waals surface area contributed by atoms with Gasteiger partial charge in [0.05, 0.1) is 5.60 Å². The lowest BCUT2D eigenvalue weighted by Crippen LogP contribution is -2.14. The van der Waals surface area contributed by atoms with Gasteiger partial charge in [-0.05, 0) is 49.9 Å². The largest absolute Gasteiger partial charge is 0.487 e. The fourth-order valence-electron chi connectivity index (χ4n) is 2.18. The van der Waals surface area contributed by atoms with Crippen molar-refractivity contribution < 1.29 is 14.3 Å². The van der Waals surface area contributed by atoms with Crippen LogP contribution in [0.5, 0.6) is 5.75 Å². The van der Waals surface area contributed by atoms with Gasteiger partial charge >= 0.3 is 0 Å². The molecule has 5 heteroatoms. The van der Waals surface area contributed by atoms with Gasteiger partial charge in [0.1, 0.15) is 23.8 Å². The summed E-state index contributed by atoms with van der Waals surface area (Å²) in [5, 5.41) is 14.0. The average Bonchev–Trinajstić information content (AvgIpc) is 3.14. The highest BCUT2D eigenvalue weighted by atomic mass is 32.1. The van der Waals surface area contributed by atoms with Crippen LogP contribution in [0, 0.1) is 6.92 Å². The third-order valence-corrected chi connectivity index (χ3v) is 4.28. The normalized spacial score (nSPS) is 11.7. The van der Waals surface area contributed by atoms with E-state index < -0.39 is 5.60 Å². The molecule has 2 aromatic heterocycles. The summed E-state index contributed by atoms with van der Waals surface area (Å²) in [7, 11) is 0. The molecule has 0 bridgehead atoms. The molecule has 2 heterocycles. The third kappa shape index (κ3) is 3.63. The molecule has 3 rings (SSSR count). The molecular weight excluding hydrogens is 310 g/mol. The summed E-state index contributed by atoms with van der Waals surface area (Å²) in [6, 6.07) is 9.41. The van der Waals surface area contributed by atoms with Gasteiger partial charge in [-0.15, -0.1) is 0 Å². The Morgan fingerprint density at radius 2 is 1.96 bits per heavy atom. The van der Waals surface area contributed by atoms with E-state index in [9.17, 15) is 5.11 Å². The van der Waals surface area contributed by atoms with Gasteiger partial charge in [-0.25, -0.2) is 4.98 Å². The van der Waals surface area contributed by atoms with Crippen molar-refractivity contribution >= 4 is 11.3 Å². The molecule has 0 saturated heterocycles. The summed E-state index contributed by atoms with van der Waals surface area (Å²) in [6.45, 7) is 5.75. The summed E-state index contributed by atoms with van der Waals surface area (Å²) in [5.74, 6) is 2.12. The minimum absolute atomic E-state index is 0.349. The number of hydrogen-bond acceptors (Lipinski definition) is 5. The average molecular weight is 329 g/mol. The molecule has 0 radical (unpaired) electrons. The van der Waals surface area contributed by atoms with Crippen LogP contribution in [0.2, 0.25) is 0 Å². The molecule has 0 aliphatic carbocycles. The van der Waals surface area contributed by atoms with Gasteiger partial charge in [-0.2, -0.15) is 11.3 Å². The summed E-state index contributed by atoms with van der Waals surface area (Å²) < 4.78 is 11.5. The van der Waals surface area contributed by atoms with Gasteiger partial charge in [0.25, 0.3) is 0 Å². The Labute approximate surface area is 139 Å². The van der Waals surface area contributed by atoms with Crippen LogP contribution < -0.4 is 4.74 Å². The highest BCUT2D eigenvalue weighted by molar-refractivity contribution is 7.08. The van der Waals surface area contributed by atoms with Gasteiger partial charge < -0.3 is 14.3 Å². The molecule has 3 aromatic rings. The molecular formula is C18H19NO3S. The number of aliphatic hydroxyl groups is 1. The monoisotopic (exact) mass is 329 g/mol. The minimum Gasteiger partial charge on any atom is -0.487 e. The van der Waals surface area contributed by atoms with E-state index in [1.165, 1.54) is 0 Å². The van der Waals surface area contributed by atoms with Gasteiger partial charge in [0.2, 0.25) is 5.89 Å². The zero-order chi connectivity index (χ0) is 16.4. The second-order valence-electron chi connectivity index (χ2n) is 5.91. The van der Waals surface area contributed by atoms with Crippen LogP contribution in [0.1, 0.15) is 30.9 Å². The molecule has 0 aliphatic rings. The van der Waals surface area contributed by atoms with Crippen molar-refractivity contribution in [2.45, 2.75) is 33.0 Å². The molecule has 0 spiro atoms. The van der Waals surface area contributed by atoms with Crippen LogP contribution in [-0.4, -0.2) is 10.1 Å². The molecule has 0 fully saturated rings. The van der Waals surface area contributed by atoms with Crippen LogP contribution in [0.3, 0.4) is 0 Å². The first-order chi connectivity index (χ1) is 10.9. The molecule has 0 saturated carbocycles. The second-order valence-corrected chi connectivity index (χ2v) is 6.69. The number of hydrogen-bond donors (Lipinski definition) is 1. The molecule has 4 nitrogen and oxygen atoms in total. The Hall–Kier alpha value is -2.11. The van der Waals surface area contributed by atoms with Crippen LogP contribution in [0.25, 0.3) is 11.5 Å². The van der Waals surface area contributed by atoms with Crippen LogP contribution in [-0.2, 0) is 12.2 Å². The number of nitrogens with zero attached hydrogens (tertiary/aromatic N) is 1. The number of aryl methyl sites for hydroxylation is 1. The topological polar surface area (TPSA) is 55.5 Å². The second kappa shape index (κ2) is 6.18. The van der Waals surface area contributed by atoms with E-state index in [0.29, 0.717) is 12.5 Å². The van der Waals surface area contributed by atoms with Crippen molar-refractivity contribution in [3.8, 4) is 17.2 Å². The molecule has 1 N–H and O–H groups in total. The van der Waals surface area contributed by atoms with Crippen molar-refractivity contribution in [2.75, 3.05) is 0 Å². The highest BCUT2D eigenvalue weighted by Gasteiger charge is 2.16. The maximum Gasteiger partial charge on any atom is 0.227 e. The smallest absolute Gasteiger partial charge is 0.227 e. The van der Waals surface area contributed by atoms with E-state index in [1.807, 2.05) is 48.0 Å². The van der Waals surface area contributed by atoms with E-state index in [-0.39, 0.29) is 0 Å². The summed E-state index contributed by atoms with van der Waals surface area (Å²) >= 11 is 1.61. The molecule has 120 valence electrons. The number of aromatic nitrogens is 1. The van der Waals surface area contributed by atoms with E-state index in [0.717, 1.165) is 28.3 Å². The Morgan fingerprint density at radius 1 is 1.22 bits per heavy atom. The fraction of sp³-hybridized carbons (Fsp3) is 0.278. The van der Waals surface area contributed by atoms with Gasteiger partial charge in [-0.1, -0.05) is 12.1 Å². The van der Waals surface area contributed by atoms with Crippen molar-refractivity contribution in [1.82, 2.24) is 4.98 Å². The lowest BCUT2D eigenvalue weighted by molar-refractivity contribution is 0.0785. The Bertz CT molecular complexity index is 768. The summed E-state index contributed by atoms with van der Waals surface area (Å²) in [6.07, 6.45) is 0. The van der Waals surface area contributed by atoms with Gasteiger partial charge in [0.15, 0.2) is 0 Å². The molecule has 0 amide bonds. The maximum atomic E-state index is 9.96. The standard InChI is InChI=1S/C18H19NO3S/c1-12-16(19-17(22-12)13-8-9-23-11-13)10-21-15-6-4-14(5-7-15)18(2,3)20/h4-9,11,20H,10H2,1-3H3. The fourth-order valence-corrected chi connectivity index (χ4v) is 2.81. The number of benzene rings is 1. The predicted octanol–water partition coefficient (Wildman–Crippen LogP) is 4.52. The first kappa shape index (κ1) is 15.8. The summed E-state index contributed by atoms with van der Waals surface area (Å²) in [5.41, 5.74) is 1.77. The third-order valence-electron chi connectivity index (χ3n) is 3.60. The maximum absolute atomic E-state index is 9.96.